The number of nitrogens with one attached hydrogen (secondary N) is 1. The lowest BCUT2D eigenvalue weighted by Crippen LogP contribution is -2.37. The van der Waals surface area contributed by atoms with Crippen LogP contribution in [-0.4, -0.2) is 14.1 Å². The number of benzene rings is 2. The molecule has 0 aromatic heterocycles. The van der Waals surface area contributed by atoms with Crippen LogP contribution in [0.4, 0.5) is 0 Å². The molecule has 0 saturated heterocycles. The van der Waals surface area contributed by atoms with E-state index in [1.54, 1.807) is 24.3 Å². The van der Waals surface area contributed by atoms with E-state index < -0.39 is 10.0 Å². The molecule has 1 saturated carbocycles. The maximum Gasteiger partial charge on any atom is 0.276 e. The normalized spacial score (nSPS) is 22.7. The molecule has 0 heterocycles. The van der Waals surface area contributed by atoms with E-state index in [1.165, 1.54) is 5.56 Å². The Morgan fingerprint density at radius 1 is 1.00 bits per heavy atom. The second-order valence-corrected chi connectivity index (χ2v) is 8.53. The van der Waals surface area contributed by atoms with E-state index in [0.717, 1.165) is 37.0 Å². The average Bonchev–Trinajstić information content (AvgIpc) is 2.62. The van der Waals surface area contributed by atoms with Crippen molar-refractivity contribution >= 4 is 15.7 Å². The molecule has 4 nitrogen and oxygen atoms in total. The highest BCUT2D eigenvalue weighted by molar-refractivity contribution is 7.89. The Hall–Kier alpha value is -2.14. The van der Waals surface area contributed by atoms with Gasteiger partial charge in [0.1, 0.15) is 0 Å². The van der Waals surface area contributed by atoms with Crippen LogP contribution in [0.5, 0.6) is 0 Å². The molecule has 1 aliphatic rings. The minimum atomic E-state index is -3.65. The smallest absolute Gasteiger partial charge is 0.200 e. The van der Waals surface area contributed by atoms with Crippen LogP contribution in [0.25, 0.3) is 0 Å². The number of sulfonamides is 1. The van der Waals surface area contributed by atoms with Gasteiger partial charge in [-0.1, -0.05) is 61.4 Å². The third-order valence-electron chi connectivity index (χ3n) is 5.02. The first-order valence-electron chi connectivity index (χ1n) is 8.63. The number of hydrogen-bond acceptors (Lipinski definition) is 3. The molecule has 0 bridgehead atoms. The lowest BCUT2D eigenvalue weighted by Gasteiger charge is -2.35. The summed E-state index contributed by atoms with van der Waals surface area (Å²) in [6.45, 7) is 4.08. The maximum atomic E-state index is 12.5. The number of hydrogen-bond donors (Lipinski definition) is 1. The van der Waals surface area contributed by atoms with Crippen LogP contribution in [0.3, 0.4) is 0 Å². The largest absolute Gasteiger partial charge is 0.276 e. The summed E-state index contributed by atoms with van der Waals surface area (Å²) in [5.41, 5.74) is 2.88. The minimum Gasteiger partial charge on any atom is -0.200 e. The zero-order valence-electron chi connectivity index (χ0n) is 14.7. The summed E-state index contributed by atoms with van der Waals surface area (Å²) < 4.78 is 25.0. The molecule has 25 heavy (non-hydrogen) atoms. The molecular weight excluding hydrogens is 332 g/mol. The molecule has 2 aromatic carbocycles. The molecule has 2 aromatic rings. The second-order valence-electron chi connectivity index (χ2n) is 6.87. The van der Waals surface area contributed by atoms with E-state index in [4.69, 9.17) is 0 Å². The van der Waals surface area contributed by atoms with Gasteiger partial charge in [-0.05, 0) is 43.9 Å². The Bertz CT molecular complexity index is 858. The summed E-state index contributed by atoms with van der Waals surface area (Å²) in [7, 11) is -3.65. The van der Waals surface area contributed by atoms with Gasteiger partial charge in [0, 0.05) is 11.1 Å². The van der Waals surface area contributed by atoms with Crippen molar-refractivity contribution in [2.24, 2.45) is 5.10 Å². The Labute approximate surface area is 150 Å². The second kappa shape index (κ2) is 7.00. The molecule has 0 spiro atoms. The molecule has 1 N–H and O–H groups in total. The van der Waals surface area contributed by atoms with E-state index in [1.807, 2.05) is 25.1 Å². The first-order valence-corrected chi connectivity index (χ1v) is 10.1. The Morgan fingerprint density at radius 2 is 1.68 bits per heavy atom. The van der Waals surface area contributed by atoms with Crippen molar-refractivity contribution in [2.45, 2.75) is 49.8 Å². The SMILES string of the molecule is Cc1ccc(S(=O)(=O)N/N=C2/CCCCC2(C)c2ccccc2)cc1. The average molecular weight is 356 g/mol. The van der Waals surface area contributed by atoms with E-state index in [9.17, 15) is 8.42 Å². The van der Waals surface area contributed by atoms with Gasteiger partial charge in [0.15, 0.2) is 0 Å². The van der Waals surface area contributed by atoms with E-state index in [-0.39, 0.29) is 10.3 Å². The topological polar surface area (TPSA) is 58.5 Å². The molecule has 0 amide bonds. The van der Waals surface area contributed by atoms with Gasteiger partial charge in [0.25, 0.3) is 10.0 Å². The predicted octanol–water partition coefficient (Wildman–Crippen LogP) is 4.16. The predicted molar refractivity (Wildman–Crippen MR) is 101 cm³/mol. The third kappa shape index (κ3) is 3.76. The highest BCUT2D eigenvalue weighted by Crippen LogP contribution is 2.37. The highest BCUT2D eigenvalue weighted by Gasteiger charge is 2.35. The van der Waals surface area contributed by atoms with Crippen LogP contribution in [0.15, 0.2) is 64.6 Å². The summed E-state index contributed by atoms with van der Waals surface area (Å²) in [5, 5.41) is 4.36. The van der Waals surface area contributed by atoms with Crippen molar-refractivity contribution in [3.63, 3.8) is 0 Å². The fourth-order valence-electron chi connectivity index (χ4n) is 3.37. The highest BCUT2D eigenvalue weighted by atomic mass is 32.2. The zero-order chi connectivity index (χ0) is 17.9. The summed E-state index contributed by atoms with van der Waals surface area (Å²) in [5.74, 6) is 0. The molecular formula is C20H24N2O2S. The fraction of sp³-hybridized carbons (Fsp3) is 0.350. The molecule has 1 unspecified atom stereocenters. The molecule has 0 radical (unpaired) electrons. The Morgan fingerprint density at radius 3 is 2.36 bits per heavy atom. The van der Waals surface area contributed by atoms with E-state index in [2.05, 4.69) is 29.0 Å². The van der Waals surface area contributed by atoms with Gasteiger partial charge in [0.05, 0.1) is 4.90 Å². The first-order chi connectivity index (χ1) is 11.9. The number of nitrogens with zero attached hydrogens (tertiary/aromatic N) is 1. The zero-order valence-corrected chi connectivity index (χ0v) is 15.5. The number of aryl methyl sites for hydroxylation is 1. The Kier molecular flexibility index (Phi) is 4.95. The summed E-state index contributed by atoms with van der Waals surface area (Å²) in [4.78, 5) is 2.69. The quantitative estimate of drug-likeness (QED) is 0.836. The van der Waals surface area contributed by atoms with Gasteiger partial charge in [-0.25, -0.2) is 4.83 Å². The van der Waals surface area contributed by atoms with Gasteiger partial charge in [0.2, 0.25) is 0 Å². The van der Waals surface area contributed by atoms with Crippen LogP contribution in [-0.2, 0) is 15.4 Å². The van der Waals surface area contributed by atoms with Gasteiger partial charge < -0.3 is 0 Å². The van der Waals surface area contributed by atoms with Crippen molar-refractivity contribution < 1.29 is 8.42 Å². The summed E-state index contributed by atoms with van der Waals surface area (Å²) in [6, 6.07) is 17.0. The van der Waals surface area contributed by atoms with Crippen molar-refractivity contribution in [1.29, 1.82) is 0 Å². The van der Waals surface area contributed by atoms with Crippen LogP contribution in [0, 0.1) is 6.92 Å². The van der Waals surface area contributed by atoms with Gasteiger partial charge in [-0.3, -0.25) is 0 Å². The fourth-order valence-corrected chi connectivity index (χ4v) is 4.20. The lowest BCUT2D eigenvalue weighted by molar-refractivity contribution is 0.485. The lowest BCUT2D eigenvalue weighted by atomic mass is 9.69. The van der Waals surface area contributed by atoms with Gasteiger partial charge in [-0.15, -0.1) is 0 Å². The molecule has 5 heteroatoms. The molecule has 132 valence electrons. The van der Waals surface area contributed by atoms with E-state index >= 15 is 0 Å². The molecule has 1 aliphatic carbocycles. The standard InChI is InChI=1S/C20H24N2O2S/c1-16-11-13-18(14-12-16)25(23,24)22-21-19-10-6-7-15-20(19,2)17-8-4-3-5-9-17/h3-5,8-9,11-14,22H,6-7,10,15H2,1-2H3/b21-19-. The van der Waals surface area contributed by atoms with Crippen LogP contribution < -0.4 is 4.83 Å². The van der Waals surface area contributed by atoms with E-state index in [0.29, 0.717) is 0 Å². The molecule has 1 fully saturated rings. The van der Waals surface area contributed by atoms with Crippen LogP contribution in [0.2, 0.25) is 0 Å². The third-order valence-corrected chi connectivity index (χ3v) is 6.24. The van der Waals surface area contributed by atoms with Crippen molar-refractivity contribution in [2.75, 3.05) is 0 Å². The number of hydrazone groups is 1. The van der Waals surface area contributed by atoms with Crippen molar-refractivity contribution in [1.82, 2.24) is 4.83 Å². The summed E-state index contributed by atoms with van der Waals surface area (Å²) >= 11 is 0. The van der Waals surface area contributed by atoms with Gasteiger partial charge in [-0.2, -0.15) is 13.5 Å². The van der Waals surface area contributed by atoms with Crippen molar-refractivity contribution in [3.8, 4) is 0 Å². The van der Waals surface area contributed by atoms with Crippen LogP contribution >= 0.6 is 0 Å². The first kappa shape index (κ1) is 17.7. The Balaban J connectivity index is 1.89. The molecule has 1 atom stereocenters. The molecule has 0 aliphatic heterocycles. The molecule has 3 rings (SSSR count). The van der Waals surface area contributed by atoms with Gasteiger partial charge >= 0.3 is 0 Å². The summed E-state index contributed by atoms with van der Waals surface area (Å²) in [6.07, 6.45) is 3.94. The number of rotatable bonds is 4. The monoisotopic (exact) mass is 356 g/mol. The minimum absolute atomic E-state index is 0.227. The van der Waals surface area contributed by atoms with Crippen LogP contribution in [0.1, 0.15) is 43.7 Å². The van der Waals surface area contributed by atoms with Crippen molar-refractivity contribution in [3.05, 3.63) is 65.7 Å². The maximum absolute atomic E-state index is 12.5.